The SMILES string of the molecule is CCc1c2c(nc3ccc(OCC(=O)N/N=C(\C)c4ccccc4OCCCCCCN=[N+]=[N-])cc13)-c1cc3c(c(=O)n1C2)COC(=O)[C@]3(O)CC. The lowest BCUT2D eigenvalue weighted by Crippen LogP contribution is -2.44. The standard InChI is InChI=1S/C38H41N7O7/c1-4-25-27-18-24(51-22-34(46)43-42-23(3)26-12-8-9-13-33(26)50-17-11-7-6-10-16-40-44-39)14-15-31(27)41-35-28(25)20-45-32(35)19-30-29(36(45)47)21-52-37(48)38(30,49)5-2/h8-9,12-15,18-19,49H,4-7,10-11,16-17,20-22H2,1-3H3,(H,43,46)/b42-23+/t38-/m0/s1. The van der Waals surface area contributed by atoms with Gasteiger partial charge in [0.1, 0.15) is 18.1 Å². The van der Waals surface area contributed by atoms with Gasteiger partial charge in [-0.2, -0.15) is 5.10 Å². The lowest BCUT2D eigenvalue weighted by Gasteiger charge is -2.31. The summed E-state index contributed by atoms with van der Waals surface area (Å²) >= 11 is 0. The Morgan fingerprint density at radius 1 is 1.10 bits per heavy atom. The van der Waals surface area contributed by atoms with E-state index in [0.29, 0.717) is 60.2 Å². The van der Waals surface area contributed by atoms with Gasteiger partial charge in [-0.15, -0.1) is 0 Å². The molecule has 2 aromatic carbocycles. The Labute approximate surface area is 300 Å². The monoisotopic (exact) mass is 707 g/mol. The summed E-state index contributed by atoms with van der Waals surface area (Å²) in [4.78, 5) is 46.6. The normalized spacial score (nSPS) is 16.0. The Morgan fingerprint density at radius 3 is 2.69 bits per heavy atom. The van der Waals surface area contributed by atoms with Crippen LogP contribution in [0, 0.1) is 0 Å². The van der Waals surface area contributed by atoms with Crippen LogP contribution >= 0.6 is 0 Å². The molecule has 14 heteroatoms. The predicted molar refractivity (Wildman–Crippen MR) is 194 cm³/mol. The van der Waals surface area contributed by atoms with Crippen molar-refractivity contribution in [3.05, 3.63) is 97.1 Å². The van der Waals surface area contributed by atoms with Crippen LogP contribution in [0.1, 0.15) is 80.7 Å². The van der Waals surface area contributed by atoms with Crippen LogP contribution in [0.15, 0.2) is 63.5 Å². The number of esters is 1. The first kappa shape index (κ1) is 36.1. The minimum atomic E-state index is -1.89. The maximum absolute atomic E-state index is 13.6. The molecule has 2 aliphatic heterocycles. The van der Waals surface area contributed by atoms with Crippen molar-refractivity contribution in [2.45, 2.75) is 78.0 Å². The van der Waals surface area contributed by atoms with Crippen LogP contribution in [0.25, 0.3) is 32.7 Å². The van der Waals surface area contributed by atoms with Crippen molar-refractivity contribution in [1.82, 2.24) is 15.0 Å². The van der Waals surface area contributed by atoms with E-state index in [-0.39, 0.29) is 36.3 Å². The number of fused-ring (bicyclic) bond motifs is 5. The third-order valence-corrected chi connectivity index (χ3v) is 9.60. The zero-order valence-corrected chi connectivity index (χ0v) is 29.5. The van der Waals surface area contributed by atoms with Gasteiger partial charge in [0.15, 0.2) is 12.2 Å². The average molecular weight is 708 g/mol. The molecule has 0 unspecified atom stereocenters. The molecule has 0 aliphatic carbocycles. The Balaban J connectivity index is 1.12. The highest BCUT2D eigenvalue weighted by atomic mass is 16.6. The van der Waals surface area contributed by atoms with E-state index in [0.717, 1.165) is 47.8 Å². The number of amides is 1. The number of hydrogen-bond acceptors (Lipinski definition) is 10. The quantitative estimate of drug-likeness (QED) is 0.0259. The third kappa shape index (κ3) is 7.07. The van der Waals surface area contributed by atoms with Crippen LogP contribution < -0.4 is 20.5 Å². The van der Waals surface area contributed by atoms with Gasteiger partial charge in [0.2, 0.25) is 0 Å². The number of pyridine rings is 2. The summed E-state index contributed by atoms with van der Waals surface area (Å²) in [5, 5.41) is 19.9. The molecule has 270 valence electrons. The molecule has 2 aromatic heterocycles. The van der Waals surface area contributed by atoms with Crippen LogP contribution in [0.4, 0.5) is 0 Å². The van der Waals surface area contributed by atoms with Gasteiger partial charge in [0, 0.05) is 33.5 Å². The fraction of sp³-hybridized carbons (Fsp3) is 0.395. The average Bonchev–Trinajstić information content (AvgIpc) is 3.53. The number of azide groups is 1. The van der Waals surface area contributed by atoms with Crippen LogP contribution in [0.3, 0.4) is 0 Å². The van der Waals surface area contributed by atoms with E-state index < -0.39 is 17.5 Å². The molecule has 0 fully saturated rings. The van der Waals surface area contributed by atoms with Gasteiger partial charge in [0.05, 0.1) is 41.3 Å². The number of nitrogens with zero attached hydrogens (tertiary/aromatic N) is 6. The molecule has 0 radical (unpaired) electrons. The third-order valence-electron chi connectivity index (χ3n) is 9.60. The van der Waals surface area contributed by atoms with E-state index in [4.69, 9.17) is 24.7 Å². The number of para-hydroxylation sites is 1. The molecule has 4 aromatic rings. The van der Waals surface area contributed by atoms with Crippen LogP contribution in [0.2, 0.25) is 0 Å². The number of cyclic esters (lactones) is 1. The van der Waals surface area contributed by atoms with Crippen LogP contribution in [-0.2, 0) is 39.5 Å². The highest BCUT2D eigenvalue weighted by molar-refractivity contribution is 6.01. The second kappa shape index (κ2) is 15.7. The van der Waals surface area contributed by atoms with Crippen LogP contribution in [0.5, 0.6) is 11.5 Å². The first-order valence-electron chi connectivity index (χ1n) is 17.5. The fourth-order valence-electron chi connectivity index (χ4n) is 6.78. The van der Waals surface area contributed by atoms with Crippen molar-refractivity contribution < 1.29 is 28.9 Å². The van der Waals surface area contributed by atoms with Gasteiger partial charge in [0.25, 0.3) is 11.5 Å². The second-order valence-electron chi connectivity index (χ2n) is 12.8. The number of nitrogens with one attached hydrogen (secondary N) is 1. The zero-order valence-electron chi connectivity index (χ0n) is 29.5. The molecule has 2 N–H and O–H groups in total. The van der Waals surface area contributed by atoms with Gasteiger partial charge in [-0.05, 0) is 80.1 Å². The van der Waals surface area contributed by atoms with E-state index >= 15 is 0 Å². The minimum Gasteiger partial charge on any atom is -0.493 e. The molecule has 0 spiro atoms. The summed E-state index contributed by atoms with van der Waals surface area (Å²) in [7, 11) is 0. The van der Waals surface area contributed by atoms with Gasteiger partial charge in [-0.3, -0.25) is 9.59 Å². The molecule has 6 rings (SSSR count). The number of aliphatic hydroxyl groups is 1. The molecule has 14 nitrogen and oxygen atoms in total. The first-order chi connectivity index (χ1) is 25.2. The maximum atomic E-state index is 13.6. The topological polar surface area (TPSA) is 190 Å². The number of rotatable bonds is 15. The zero-order chi connectivity index (χ0) is 36.8. The van der Waals surface area contributed by atoms with Gasteiger partial charge >= 0.3 is 5.97 Å². The molecule has 1 atom stereocenters. The predicted octanol–water partition coefficient (Wildman–Crippen LogP) is 5.81. The molecule has 0 bridgehead atoms. The van der Waals surface area contributed by atoms with Crippen molar-refractivity contribution in [2.24, 2.45) is 10.2 Å². The molecular formula is C38H41N7O7. The first-order valence-corrected chi connectivity index (χ1v) is 17.5. The van der Waals surface area contributed by atoms with E-state index in [9.17, 15) is 19.5 Å². The van der Waals surface area contributed by atoms with Crippen molar-refractivity contribution in [2.75, 3.05) is 19.8 Å². The molecule has 4 heterocycles. The lowest BCUT2D eigenvalue weighted by molar-refractivity contribution is -0.172. The van der Waals surface area contributed by atoms with Gasteiger partial charge < -0.3 is 23.9 Å². The number of unbranched alkanes of at least 4 members (excludes halogenated alkanes) is 3. The van der Waals surface area contributed by atoms with Crippen LogP contribution in [-0.4, -0.2) is 52.0 Å². The second-order valence-corrected chi connectivity index (χ2v) is 12.8. The largest absolute Gasteiger partial charge is 0.493 e. The van der Waals surface area contributed by atoms with Gasteiger partial charge in [-0.25, -0.2) is 15.2 Å². The Kier molecular flexibility index (Phi) is 10.9. The molecule has 1 amide bonds. The molecular weight excluding hydrogens is 666 g/mol. The number of hydrazone groups is 1. The number of benzene rings is 2. The molecule has 0 saturated heterocycles. The summed E-state index contributed by atoms with van der Waals surface area (Å²) in [5.74, 6) is -0.0490. The lowest BCUT2D eigenvalue weighted by atomic mass is 9.86. The van der Waals surface area contributed by atoms with E-state index in [1.54, 1.807) is 30.5 Å². The fourth-order valence-corrected chi connectivity index (χ4v) is 6.78. The summed E-state index contributed by atoms with van der Waals surface area (Å²) < 4.78 is 18.7. The van der Waals surface area contributed by atoms with E-state index in [2.05, 4.69) is 20.6 Å². The minimum absolute atomic E-state index is 0.0697. The van der Waals surface area contributed by atoms with Crippen molar-refractivity contribution in [3.63, 3.8) is 0 Å². The molecule has 52 heavy (non-hydrogen) atoms. The van der Waals surface area contributed by atoms with E-state index in [1.807, 2.05) is 43.3 Å². The number of aryl methyl sites for hydroxylation is 1. The Bertz CT molecular complexity index is 2170. The number of carbonyl (C=O) groups excluding carboxylic acids is 2. The summed E-state index contributed by atoms with van der Waals surface area (Å²) in [6.45, 7) is 6.36. The van der Waals surface area contributed by atoms with E-state index in [1.165, 1.54) is 0 Å². The Hall–Kier alpha value is -5.72. The number of ether oxygens (including phenoxy) is 3. The Morgan fingerprint density at radius 2 is 1.90 bits per heavy atom. The molecule has 0 saturated carbocycles. The number of aromatic nitrogens is 2. The van der Waals surface area contributed by atoms with Gasteiger partial charge in [-0.1, -0.05) is 43.9 Å². The summed E-state index contributed by atoms with van der Waals surface area (Å²) in [5.41, 5.74) is 14.4. The van der Waals surface area contributed by atoms with Crippen molar-refractivity contribution in [1.29, 1.82) is 0 Å². The highest BCUT2D eigenvalue weighted by Crippen LogP contribution is 2.40. The number of hydrogen-bond donors (Lipinski definition) is 2. The van der Waals surface area contributed by atoms with Crippen molar-refractivity contribution in [3.8, 4) is 22.9 Å². The summed E-state index contributed by atoms with van der Waals surface area (Å²) in [6, 6.07) is 14.6. The highest BCUT2D eigenvalue weighted by Gasteiger charge is 2.45. The maximum Gasteiger partial charge on any atom is 0.343 e. The summed E-state index contributed by atoms with van der Waals surface area (Å²) in [6.07, 6.45) is 4.35. The smallest absolute Gasteiger partial charge is 0.343 e. The van der Waals surface area contributed by atoms with Crippen molar-refractivity contribution >= 4 is 28.5 Å². The number of carbonyl (C=O) groups is 2. The molecule has 2 aliphatic rings.